The first-order valence-corrected chi connectivity index (χ1v) is 9.13. The molecule has 2 N–H and O–H groups in total. The Morgan fingerprint density at radius 2 is 1.96 bits per heavy atom. The van der Waals surface area contributed by atoms with Crippen LogP contribution >= 0.6 is 0 Å². The standard InChI is InChI=1S/C21H20FN5O/c1-27-11-14(22)9-15(12-27)24-21-17-5-3-2-4-16(17)20(25-26-21)18-7-6-13(10-23)8-19(18)28/h2-8,14-15,28H,9,11-12H2,1H3,(H,24,26)/t14-,15+/m0/s1. The van der Waals surface area contributed by atoms with Crippen molar-refractivity contribution >= 4 is 16.6 Å². The van der Waals surface area contributed by atoms with Crippen molar-refractivity contribution in [1.29, 1.82) is 5.26 Å². The lowest BCUT2D eigenvalue weighted by Crippen LogP contribution is -2.45. The van der Waals surface area contributed by atoms with Gasteiger partial charge in [-0.3, -0.25) is 0 Å². The Kier molecular flexibility index (Phi) is 4.80. The third-order valence-corrected chi connectivity index (χ3v) is 4.99. The molecular weight excluding hydrogens is 357 g/mol. The summed E-state index contributed by atoms with van der Waals surface area (Å²) in [6, 6.07) is 14.3. The number of nitriles is 1. The van der Waals surface area contributed by atoms with Gasteiger partial charge in [0.25, 0.3) is 0 Å². The molecule has 7 heteroatoms. The number of likely N-dealkylation sites (N-methyl/N-ethyl adjacent to an activating group) is 1. The Morgan fingerprint density at radius 1 is 1.18 bits per heavy atom. The van der Waals surface area contributed by atoms with Crippen molar-refractivity contribution in [3.63, 3.8) is 0 Å². The number of piperidine rings is 1. The van der Waals surface area contributed by atoms with Gasteiger partial charge in [-0.2, -0.15) is 5.26 Å². The molecule has 2 heterocycles. The number of anilines is 1. The molecule has 4 rings (SSSR count). The molecule has 0 bridgehead atoms. The predicted molar refractivity (Wildman–Crippen MR) is 106 cm³/mol. The van der Waals surface area contributed by atoms with Gasteiger partial charge in [-0.05, 0) is 25.2 Å². The summed E-state index contributed by atoms with van der Waals surface area (Å²) in [7, 11) is 1.90. The number of phenolic OH excluding ortho intramolecular Hbond substituents is 1. The van der Waals surface area contributed by atoms with Crippen LogP contribution in [0.3, 0.4) is 0 Å². The summed E-state index contributed by atoms with van der Waals surface area (Å²) in [5.74, 6) is 0.577. The average molecular weight is 377 g/mol. The zero-order valence-electron chi connectivity index (χ0n) is 15.4. The quantitative estimate of drug-likeness (QED) is 0.728. The lowest BCUT2D eigenvalue weighted by atomic mass is 10.0. The van der Waals surface area contributed by atoms with Crippen LogP contribution < -0.4 is 5.32 Å². The number of hydrogen-bond acceptors (Lipinski definition) is 6. The van der Waals surface area contributed by atoms with E-state index in [0.29, 0.717) is 35.6 Å². The molecule has 0 radical (unpaired) electrons. The first-order chi connectivity index (χ1) is 13.5. The minimum atomic E-state index is -0.870. The Labute approximate surface area is 162 Å². The zero-order valence-corrected chi connectivity index (χ0v) is 15.4. The third-order valence-electron chi connectivity index (χ3n) is 4.99. The van der Waals surface area contributed by atoms with Crippen LogP contribution in [-0.4, -0.2) is 52.6 Å². The van der Waals surface area contributed by atoms with Crippen LogP contribution in [0.5, 0.6) is 5.75 Å². The first-order valence-electron chi connectivity index (χ1n) is 9.13. The van der Waals surface area contributed by atoms with Crippen LogP contribution in [0.1, 0.15) is 12.0 Å². The topological polar surface area (TPSA) is 85.1 Å². The number of phenols is 1. The molecule has 0 unspecified atom stereocenters. The van der Waals surface area contributed by atoms with E-state index < -0.39 is 6.17 Å². The maximum absolute atomic E-state index is 13.9. The van der Waals surface area contributed by atoms with E-state index in [1.165, 1.54) is 6.07 Å². The fraction of sp³-hybridized carbons (Fsp3) is 0.286. The maximum Gasteiger partial charge on any atom is 0.156 e. The molecule has 1 saturated heterocycles. The van der Waals surface area contributed by atoms with Crippen LogP contribution in [-0.2, 0) is 0 Å². The van der Waals surface area contributed by atoms with Gasteiger partial charge in [-0.1, -0.05) is 24.3 Å². The molecule has 1 fully saturated rings. The van der Waals surface area contributed by atoms with Gasteiger partial charge in [0, 0.05) is 41.9 Å². The highest BCUT2D eigenvalue weighted by Gasteiger charge is 2.26. The van der Waals surface area contributed by atoms with Gasteiger partial charge >= 0.3 is 0 Å². The fourth-order valence-electron chi connectivity index (χ4n) is 3.76. The monoisotopic (exact) mass is 377 g/mol. The molecule has 1 aliphatic heterocycles. The molecule has 28 heavy (non-hydrogen) atoms. The number of likely N-dealkylation sites (tertiary alicyclic amines) is 1. The number of nitrogens with one attached hydrogen (secondary N) is 1. The van der Waals surface area contributed by atoms with Gasteiger partial charge in [0.15, 0.2) is 5.82 Å². The molecule has 1 aromatic heterocycles. The molecule has 2 atom stereocenters. The van der Waals surface area contributed by atoms with Gasteiger partial charge in [-0.15, -0.1) is 10.2 Å². The molecule has 3 aromatic rings. The molecule has 0 aliphatic carbocycles. The average Bonchev–Trinajstić information content (AvgIpc) is 2.68. The number of halogens is 1. The van der Waals surface area contributed by atoms with E-state index in [1.807, 2.05) is 42.3 Å². The van der Waals surface area contributed by atoms with Crippen LogP contribution in [0, 0.1) is 11.3 Å². The lowest BCUT2D eigenvalue weighted by Gasteiger charge is -2.32. The minimum absolute atomic E-state index is 0.0200. The van der Waals surface area contributed by atoms with Gasteiger partial charge < -0.3 is 15.3 Å². The normalized spacial score (nSPS) is 20.0. The van der Waals surface area contributed by atoms with Crippen LogP contribution in [0.2, 0.25) is 0 Å². The van der Waals surface area contributed by atoms with Gasteiger partial charge in [-0.25, -0.2) is 4.39 Å². The Hall–Kier alpha value is -3.24. The highest BCUT2D eigenvalue weighted by molar-refractivity contribution is 6.00. The van der Waals surface area contributed by atoms with E-state index in [4.69, 9.17) is 5.26 Å². The second kappa shape index (κ2) is 7.41. The van der Waals surface area contributed by atoms with Crippen molar-refractivity contribution in [2.75, 3.05) is 25.5 Å². The molecule has 6 nitrogen and oxygen atoms in total. The summed E-state index contributed by atoms with van der Waals surface area (Å²) in [6.45, 7) is 1.18. The Morgan fingerprint density at radius 3 is 2.68 bits per heavy atom. The summed E-state index contributed by atoms with van der Waals surface area (Å²) in [6.07, 6.45) is -0.441. The lowest BCUT2D eigenvalue weighted by molar-refractivity contribution is 0.153. The van der Waals surface area contributed by atoms with Crippen molar-refractivity contribution in [3.05, 3.63) is 48.0 Å². The molecule has 142 valence electrons. The van der Waals surface area contributed by atoms with Crippen LogP contribution in [0.15, 0.2) is 42.5 Å². The van der Waals surface area contributed by atoms with E-state index in [-0.39, 0.29) is 11.8 Å². The van der Waals surface area contributed by atoms with Crippen LogP contribution in [0.25, 0.3) is 22.0 Å². The van der Waals surface area contributed by atoms with Gasteiger partial charge in [0.2, 0.25) is 0 Å². The smallest absolute Gasteiger partial charge is 0.156 e. The number of fused-ring (bicyclic) bond motifs is 1. The van der Waals surface area contributed by atoms with E-state index in [1.54, 1.807) is 12.1 Å². The molecular formula is C21H20FN5O. The van der Waals surface area contributed by atoms with Crippen molar-refractivity contribution < 1.29 is 9.50 Å². The number of benzene rings is 2. The Bertz CT molecular complexity index is 1050. The number of rotatable bonds is 3. The maximum atomic E-state index is 13.9. The van der Waals surface area contributed by atoms with Crippen molar-refractivity contribution in [1.82, 2.24) is 15.1 Å². The summed E-state index contributed by atoms with van der Waals surface area (Å²) in [5.41, 5.74) is 1.42. The van der Waals surface area contributed by atoms with Crippen molar-refractivity contribution in [2.24, 2.45) is 0 Å². The van der Waals surface area contributed by atoms with Gasteiger partial charge in [0.05, 0.1) is 11.6 Å². The second-order valence-electron chi connectivity index (χ2n) is 7.18. The third kappa shape index (κ3) is 3.47. The van der Waals surface area contributed by atoms with Crippen LogP contribution in [0.4, 0.5) is 10.2 Å². The highest BCUT2D eigenvalue weighted by Crippen LogP contribution is 2.35. The largest absolute Gasteiger partial charge is 0.507 e. The van der Waals surface area contributed by atoms with E-state index in [2.05, 4.69) is 15.5 Å². The van der Waals surface area contributed by atoms with Crippen molar-refractivity contribution in [3.8, 4) is 23.1 Å². The molecule has 1 aliphatic rings. The molecule has 0 spiro atoms. The second-order valence-corrected chi connectivity index (χ2v) is 7.18. The zero-order chi connectivity index (χ0) is 19.7. The number of aromatic nitrogens is 2. The fourth-order valence-corrected chi connectivity index (χ4v) is 3.76. The first kappa shape index (κ1) is 18.1. The summed E-state index contributed by atoms with van der Waals surface area (Å²) in [5, 5.41) is 33.0. The van der Waals surface area contributed by atoms with Crippen molar-refractivity contribution in [2.45, 2.75) is 18.6 Å². The summed E-state index contributed by atoms with van der Waals surface area (Å²) >= 11 is 0. The summed E-state index contributed by atoms with van der Waals surface area (Å²) in [4.78, 5) is 1.96. The number of nitrogens with zero attached hydrogens (tertiary/aromatic N) is 4. The minimum Gasteiger partial charge on any atom is -0.507 e. The number of alkyl halides is 1. The van der Waals surface area contributed by atoms with Gasteiger partial charge in [0.1, 0.15) is 17.6 Å². The Balaban J connectivity index is 1.74. The van der Waals surface area contributed by atoms with E-state index >= 15 is 0 Å². The van der Waals surface area contributed by atoms with E-state index in [0.717, 1.165) is 17.3 Å². The molecule has 0 saturated carbocycles. The SMILES string of the molecule is CN1C[C@@H](F)C[C@@H](Nc2nnc(-c3ccc(C#N)cc3O)c3ccccc23)C1. The number of hydrogen-bond donors (Lipinski definition) is 2. The number of aromatic hydroxyl groups is 1. The van der Waals surface area contributed by atoms with E-state index in [9.17, 15) is 9.50 Å². The highest BCUT2D eigenvalue weighted by atomic mass is 19.1. The molecule has 0 amide bonds. The molecule has 2 aromatic carbocycles. The summed E-state index contributed by atoms with van der Waals surface area (Å²) < 4.78 is 13.9. The predicted octanol–water partition coefficient (Wildman–Crippen LogP) is 3.33.